The summed E-state index contributed by atoms with van der Waals surface area (Å²) in [7, 11) is 0. The van der Waals surface area contributed by atoms with Gasteiger partial charge in [-0.25, -0.2) is 4.98 Å². The zero-order chi connectivity index (χ0) is 13.5. The van der Waals surface area contributed by atoms with Gasteiger partial charge < -0.3 is 10.4 Å². The van der Waals surface area contributed by atoms with Crippen molar-refractivity contribution in [3.05, 3.63) is 52.0 Å². The summed E-state index contributed by atoms with van der Waals surface area (Å²) < 4.78 is 0. The van der Waals surface area contributed by atoms with E-state index in [0.29, 0.717) is 5.92 Å². The lowest BCUT2D eigenvalue weighted by atomic mass is 9.96. The Morgan fingerprint density at radius 3 is 2.74 bits per heavy atom. The van der Waals surface area contributed by atoms with Crippen LogP contribution in [0.5, 0.6) is 0 Å². The molecule has 1 atom stereocenters. The largest absolute Gasteiger partial charge is 0.396 e. The maximum Gasteiger partial charge on any atom is 0.107 e. The van der Waals surface area contributed by atoms with Crippen LogP contribution in [0.15, 0.2) is 35.7 Å². The first-order valence-corrected chi connectivity index (χ1v) is 7.45. The Balaban J connectivity index is 1.87. The van der Waals surface area contributed by atoms with Crippen LogP contribution in [-0.4, -0.2) is 23.2 Å². The molecule has 0 aliphatic rings. The first kappa shape index (κ1) is 14.2. The van der Waals surface area contributed by atoms with Gasteiger partial charge >= 0.3 is 0 Å². The molecule has 0 bridgehead atoms. The molecule has 0 aliphatic carbocycles. The van der Waals surface area contributed by atoms with Crippen molar-refractivity contribution in [3.8, 4) is 0 Å². The summed E-state index contributed by atoms with van der Waals surface area (Å²) in [4.78, 5) is 4.43. The van der Waals surface area contributed by atoms with Crippen molar-refractivity contribution < 1.29 is 5.11 Å². The van der Waals surface area contributed by atoms with Crippen LogP contribution in [0.3, 0.4) is 0 Å². The number of rotatable bonds is 7. The molecule has 1 heterocycles. The van der Waals surface area contributed by atoms with Gasteiger partial charge in [0.05, 0.1) is 0 Å². The Morgan fingerprint density at radius 1 is 1.32 bits per heavy atom. The standard InChI is InChI=1S/C15H20N2OS/c1-12-11-19-15(17-12)10-16-9-14(7-8-18)13-5-3-2-4-6-13/h2-6,11,14,16,18H,7-10H2,1H3. The fraction of sp³-hybridized carbons (Fsp3) is 0.400. The minimum Gasteiger partial charge on any atom is -0.396 e. The van der Waals surface area contributed by atoms with E-state index < -0.39 is 0 Å². The summed E-state index contributed by atoms with van der Waals surface area (Å²) in [5, 5.41) is 15.8. The van der Waals surface area contributed by atoms with E-state index in [-0.39, 0.29) is 6.61 Å². The van der Waals surface area contributed by atoms with Gasteiger partial charge in [0, 0.05) is 30.8 Å². The second-order valence-corrected chi connectivity index (χ2v) is 5.58. The molecule has 19 heavy (non-hydrogen) atoms. The first-order chi connectivity index (χ1) is 9.29. The summed E-state index contributed by atoms with van der Waals surface area (Å²) in [6.07, 6.45) is 0.786. The van der Waals surface area contributed by atoms with Crippen LogP contribution in [0.1, 0.15) is 28.6 Å². The normalized spacial score (nSPS) is 12.5. The summed E-state index contributed by atoms with van der Waals surface area (Å²) >= 11 is 1.69. The molecule has 0 saturated carbocycles. The SMILES string of the molecule is Cc1csc(CNCC(CCO)c2ccccc2)n1. The Labute approximate surface area is 118 Å². The molecule has 0 fully saturated rings. The molecule has 0 saturated heterocycles. The van der Waals surface area contributed by atoms with Crippen LogP contribution in [0.4, 0.5) is 0 Å². The van der Waals surface area contributed by atoms with E-state index in [1.165, 1.54) is 5.56 Å². The lowest BCUT2D eigenvalue weighted by molar-refractivity contribution is 0.273. The van der Waals surface area contributed by atoms with E-state index in [1.54, 1.807) is 11.3 Å². The van der Waals surface area contributed by atoms with Gasteiger partial charge in [-0.05, 0) is 24.8 Å². The van der Waals surface area contributed by atoms with Gasteiger partial charge in [0.2, 0.25) is 0 Å². The number of nitrogens with zero attached hydrogens (tertiary/aromatic N) is 1. The van der Waals surface area contributed by atoms with Crippen LogP contribution in [0.2, 0.25) is 0 Å². The van der Waals surface area contributed by atoms with Gasteiger partial charge in [0.1, 0.15) is 5.01 Å². The molecule has 2 aromatic rings. The third-order valence-corrected chi connectivity index (χ3v) is 4.05. The number of thiazole rings is 1. The molecule has 3 nitrogen and oxygen atoms in total. The Hall–Kier alpha value is -1.23. The van der Waals surface area contributed by atoms with E-state index in [4.69, 9.17) is 0 Å². The number of nitrogens with one attached hydrogen (secondary N) is 1. The number of hydrogen-bond donors (Lipinski definition) is 2. The van der Waals surface area contributed by atoms with Gasteiger partial charge in [0.15, 0.2) is 0 Å². The zero-order valence-electron chi connectivity index (χ0n) is 11.2. The minimum absolute atomic E-state index is 0.220. The van der Waals surface area contributed by atoms with Crippen molar-refractivity contribution in [2.75, 3.05) is 13.2 Å². The monoisotopic (exact) mass is 276 g/mol. The summed E-state index contributed by atoms with van der Waals surface area (Å²) in [5.41, 5.74) is 2.36. The fourth-order valence-corrected chi connectivity index (χ4v) is 2.85. The van der Waals surface area contributed by atoms with Crippen molar-refractivity contribution in [2.24, 2.45) is 0 Å². The fourth-order valence-electron chi connectivity index (χ4n) is 2.10. The second kappa shape index (κ2) is 7.38. The first-order valence-electron chi connectivity index (χ1n) is 6.57. The Morgan fingerprint density at radius 2 is 2.11 bits per heavy atom. The lowest BCUT2D eigenvalue weighted by Crippen LogP contribution is -2.22. The van der Waals surface area contributed by atoms with Gasteiger partial charge in [-0.15, -0.1) is 11.3 Å². The van der Waals surface area contributed by atoms with Crippen LogP contribution in [0, 0.1) is 6.92 Å². The van der Waals surface area contributed by atoms with Crippen LogP contribution < -0.4 is 5.32 Å². The molecule has 102 valence electrons. The van der Waals surface area contributed by atoms with Crippen molar-refractivity contribution >= 4 is 11.3 Å². The van der Waals surface area contributed by atoms with E-state index in [1.807, 2.05) is 25.1 Å². The molecule has 0 amide bonds. The average Bonchev–Trinajstić information content (AvgIpc) is 2.84. The molecule has 0 radical (unpaired) electrons. The lowest BCUT2D eigenvalue weighted by Gasteiger charge is -2.16. The summed E-state index contributed by atoms with van der Waals surface area (Å²) in [6.45, 7) is 3.90. The van der Waals surface area contributed by atoms with E-state index >= 15 is 0 Å². The zero-order valence-corrected chi connectivity index (χ0v) is 12.0. The van der Waals surface area contributed by atoms with E-state index in [0.717, 1.165) is 30.2 Å². The highest BCUT2D eigenvalue weighted by atomic mass is 32.1. The molecule has 1 unspecified atom stereocenters. The number of aryl methyl sites for hydroxylation is 1. The maximum atomic E-state index is 9.18. The van der Waals surface area contributed by atoms with Gasteiger partial charge in [-0.2, -0.15) is 0 Å². The number of aliphatic hydroxyl groups is 1. The van der Waals surface area contributed by atoms with Crippen molar-refractivity contribution in [1.29, 1.82) is 0 Å². The summed E-state index contributed by atoms with van der Waals surface area (Å²) in [5.74, 6) is 0.354. The van der Waals surface area contributed by atoms with Crippen LogP contribution >= 0.6 is 11.3 Å². The molecule has 4 heteroatoms. The topological polar surface area (TPSA) is 45.1 Å². The maximum absolute atomic E-state index is 9.18. The second-order valence-electron chi connectivity index (χ2n) is 4.63. The molecule has 2 rings (SSSR count). The molecule has 0 spiro atoms. The van der Waals surface area contributed by atoms with Crippen molar-refractivity contribution in [3.63, 3.8) is 0 Å². The Bertz CT molecular complexity index is 484. The highest BCUT2D eigenvalue weighted by Gasteiger charge is 2.10. The molecule has 1 aromatic carbocycles. The average molecular weight is 276 g/mol. The third kappa shape index (κ3) is 4.42. The highest BCUT2D eigenvalue weighted by Crippen LogP contribution is 2.18. The quantitative estimate of drug-likeness (QED) is 0.817. The smallest absolute Gasteiger partial charge is 0.107 e. The van der Waals surface area contributed by atoms with E-state index in [9.17, 15) is 5.11 Å². The van der Waals surface area contributed by atoms with Gasteiger partial charge in [-0.1, -0.05) is 30.3 Å². The predicted molar refractivity (Wildman–Crippen MR) is 79.4 cm³/mol. The predicted octanol–water partition coefficient (Wildman–Crippen LogP) is 2.71. The van der Waals surface area contributed by atoms with Gasteiger partial charge in [-0.3, -0.25) is 0 Å². The number of hydrogen-bond acceptors (Lipinski definition) is 4. The molecule has 1 aromatic heterocycles. The van der Waals surface area contributed by atoms with Crippen molar-refractivity contribution in [1.82, 2.24) is 10.3 Å². The Kier molecular flexibility index (Phi) is 5.51. The highest BCUT2D eigenvalue weighted by molar-refractivity contribution is 7.09. The summed E-state index contributed by atoms with van der Waals surface area (Å²) in [6, 6.07) is 10.4. The number of benzene rings is 1. The van der Waals surface area contributed by atoms with Crippen LogP contribution in [0.25, 0.3) is 0 Å². The van der Waals surface area contributed by atoms with Gasteiger partial charge in [0.25, 0.3) is 0 Å². The third-order valence-electron chi connectivity index (χ3n) is 3.08. The molecule has 2 N–H and O–H groups in total. The van der Waals surface area contributed by atoms with Crippen molar-refractivity contribution in [2.45, 2.75) is 25.8 Å². The minimum atomic E-state index is 0.220. The number of aliphatic hydroxyl groups excluding tert-OH is 1. The number of aromatic nitrogens is 1. The van der Waals surface area contributed by atoms with Crippen LogP contribution in [-0.2, 0) is 6.54 Å². The molecule has 0 aliphatic heterocycles. The van der Waals surface area contributed by atoms with E-state index in [2.05, 4.69) is 27.8 Å². The molecular formula is C15H20N2OS. The molecular weight excluding hydrogens is 256 g/mol.